The number of amides is 1. The van der Waals surface area contributed by atoms with Crippen molar-refractivity contribution in [2.45, 2.75) is 38.5 Å². The molecule has 22 heavy (non-hydrogen) atoms. The van der Waals surface area contributed by atoms with Crippen LogP contribution in [0.1, 0.15) is 54.4 Å². The molecule has 0 spiro atoms. The Morgan fingerprint density at radius 3 is 2.36 bits per heavy atom. The Kier molecular flexibility index (Phi) is 5.01. The smallest absolute Gasteiger partial charge is 0.240 e. The molecule has 0 saturated heterocycles. The fraction of sp³-hybridized carbons (Fsp3) is 0.500. The van der Waals surface area contributed by atoms with Gasteiger partial charge in [0.2, 0.25) is 15.9 Å². The van der Waals surface area contributed by atoms with Gasteiger partial charge in [0.25, 0.3) is 0 Å². The number of hydrogen-bond donors (Lipinski definition) is 1. The average Bonchev–Trinajstić information content (AvgIpc) is 2.98. The Morgan fingerprint density at radius 1 is 1.18 bits per heavy atom. The lowest BCUT2D eigenvalue weighted by molar-refractivity contribution is -0.120. The molecule has 1 aromatic carbocycles. The number of Topliss-reactive ketones (excluding diaryl/α,β-unsaturated/α-hetero) is 1. The normalized spacial score (nSPS) is 17.2. The van der Waals surface area contributed by atoms with E-state index in [0.29, 0.717) is 11.1 Å². The first-order valence-corrected chi connectivity index (χ1v) is 9.33. The molecule has 120 valence electrons. The summed E-state index contributed by atoms with van der Waals surface area (Å²) in [5.74, 6) is -1.23. The molecule has 0 radical (unpaired) electrons. The van der Waals surface area contributed by atoms with Gasteiger partial charge in [0, 0.05) is 11.5 Å². The van der Waals surface area contributed by atoms with E-state index in [4.69, 9.17) is 0 Å². The highest BCUT2D eigenvalue weighted by molar-refractivity contribution is 7.89. The van der Waals surface area contributed by atoms with Gasteiger partial charge in [-0.3, -0.25) is 14.3 Å². The minimum absolute atomic E-state index is 0.0197. The summed E-state index contributed by atoms with van der Waals surface area (Å²) in [5.41, 5.74) is 1.12. The first-order valence-electron chi connectivity index (χ1n) is 7.44. The van der Waals surface area contributed by atoms with Crippen molar-refractivity contribution in [1.29, 1.82) is 0 Å². The highest BCUT2D eigenvalue weighted by Gasteiger charge is 2.28. The number of carbonyl (C=O) groups excluding carboxylic acids is 2. The van der Waals surface area contributed by atoms with Gasteiger partial charge >= 0.3 is 0 Å². The quantitative estimate of drug-likeness (QED) is 0.843. The van der Waals surface area contributed by atoms with Crippen molar-refractivity contribution in [2.75, 3.05) is 6.26 Å². The molecule has 1 fully saturated rings. The molecular weight excluding hydrogens is 302 g/mol. The van der Waals surface area contributed by atoms with E-state index in [2.05, 4.69) is 0 Å². The maximum atomic E-state index is 12.6. The fourth-order valence-corrected chi connectivity index (χ4v) is 3.46. The summed E-state index contributed by atoms with van der Waals surface area (Å²) in [6.45, 7) is 1.61. The number of sulfonamides is 1. The second-order valence-corrected chi connectivity index (χ2v) is 7.64. The summed E-state index contributed by atoms with van der Waals surface area (Å²) in [5, 5.41) is 0. The standard InChI is InChI=1S/C16H21NO4S/c1-11(16(19)17-22(2,20)21)13-9-5-6-10-14(13)15(18)12-7-3-4-8-12/h5-6,9-12H,3-4,7-8H2,1-2H3,(H,17,19). The lowest BCUT2D eigenvalue weighted by Gasteiger charge is -2.17. The molecule has 1 aliphatic carbocycles. The molecule has 0 aromatic heterocycles. The van der Waals surface area contributed by atoms with Crippen LogP contribution in [0.5, 0.6) is 0 Å². The summed E-state index contributed by atoms with van der Waals surface area (Å²) in [4.78, 5) is 24.7. The summed E-state index contributed by atoms with van der Waals surface area (Å²) in [6, 6.07) is 6.97. The minimum Gasteiger partial charge on any atom is -0.294 e. The second kappa shape index (κ2) is 6.60. The Balaban J connectivity index is 2.27. The van der Waals surface area contributed by atoms with Crippen molar-refractivity contribution in [3.05, 3.63) is 35.4 Å². The predicted molar refractivity (Wildman–Crippen MR) is 84.1 cm³/mol. The maximum absolute atomic E-state index is 12.6. The van der Waals surface area contributed by atoms with Gasteiger partial charge in [0.05, 0.1) is 12.2 Å². The topological polar surface area (TPSA) is 80.3 Å². The molecule has 1 atom stereocenters. The van der Waals surface area contributed by atoms with Crippen molar-refractivity contribution in [3.63, 3.8) is 0 Å². The van der Waals surface area contributed by atoms with Crippen LogP contribution in [0.4, 0.5) is 0 Å². The second-order valence-electron chi connectivity index (χ2n) is 5.89. The molecule has 0 bridgehead atoms. The summed E-state index contributed by atoms with van der Waals surface area (Å²) in [6.07, 6.45) is 4.83. The number of ketones is 1. The van der Waals surface area contributed by atoms with Gasteiger partial charge in [-0.05, 0) is 25.3 Å². The van der Waals surface area contributed by atoms with Crippen molar-refractivity contribution in [3.8, 4) is 0 Å². The molecule has 0 heterocycles. The predicted octanol–water partition coefficient (Wildman–Crippen LogP) is 2.24. The molecular formula is C16H21NO4S. The van der Waals surface area contributed by atoms with E-state index in [-0.39, 0.29) is 11.7 Å². The van der Waals surface area contributed by atoms with Crippen molar-refractivity contribution in [1.82, 2.24) is 4.72 Å². The molecule has 6 heteroatoms. The third-order valence-electron chi connectivity index (χ3n) is 4.10. The van der Waals surface area contributed by atoms with Crippen LogP contribution in [0, 0.1) is 5.92 Å². The molecule has 1 aromatic rings. The molecule has 0 aliphatic heterocycles. The molecule has 2 rings (SSSR count). The van der Waals surface area contributed by atoms with Crippen LogP contribution in [-0.4, -0.2) is 26.4 Å². The van der Waals surface area contributed by atoms with Gasteiger partial charge in [0.15, 0.2) is 5.78 Å². The van der Waals surface area contributed by atoms with E-state index >= 15 is 0 Å². The number of nitrogens with one attached hydrogen (secondary N) is 1. The highest BCUT2D eigenvalue weighted by Crippen LogP contribution is 2.31. The van der Waals surface area contributed by atoms with Gasteiger partial charge in [-0.2, -0.15) is 0 Å². The zero-order valence-corrected chi connectivity index (χ0v) is 13.7. The number of hydrogen-bond acceptors (Lipinski definition) is 4. The van der Waals surface area contributed by atoms with Crippen LogP contribution in [-0.2, 0) is 14.8 Å². The molecule has 1 saturated carbocycles. The monoisotopic (exact) mass is 323 g/mol. The van der Waals surface area contributed by atoms with Crippen LogP contribution in [0.25, 0.3) is 0 Å². The molecule has 1 amide bonds. The van der Waals surface area contributed by atoms with Gasteiger partial charge in [0.1, 0.15) is 0 Å². The number of carbonyl (C=O) groups is 2. The van der Waals surface area contributed by atoms with Crippen LogP contribution in [0.2, 0.25) is 0 Å². The number of rotatable bonds is 5. The average molecular weight is 323 g/mol. The van der Waals surface area contributed by atoms with Crippen LogP contribution < -0.4 is 4.72 Å². The van der Waals surface area contributed by atoms with E-state index in [9.17, 15) is 18.0 Å². The van der Waals surface area contributed by atoms with Gasteiger partial charge < -0.3 is 0 Å². The third kappa shape index (κ3) is 3.94. The van der Waals surface area contributed by atoms with Crippen LogP contribution >= 0.6 is 0 Å². The molecule has 1 N–H and O–H groups in total. The maximum Gasteiger partial charge on any atom is 0.240 e. The van der Waals surface area contributed by atoms with Crippen LogP contribution in [0.3, 0.4) is 0 Å². The SMILES string of the molecule is CC(C(=O)NS(C)(=O)=O)c1ccccc1C(=O)C1CCCC1. The largest absolute Gasteiger partial charge is 0.294 e. The minimum atomic E-state index is -3.61. The first kappa shape index (κ1) is 16.7. The highest BCUT2D eigenvalue weighted by atomic mass is 32.2. The van der Waals surface area contributed by atoms with Gasteiger partial charge in [-0.25, -0.2) is 8.42 Å². The van der Waals surface area contributed by atoms with Crippen molar-refractivity contribution in [2.24, 2.45) is 5.92 Å². The Hall–Kier alpha value is -1.69. The summed E-state index contributed by atoms with van der Waals surface area (Å²) >= 11 is 0. The third-order valence-corrected chi connectivity index (χ3v) is 4.67. The molecule has 5 nitrogen and oxygen atoms in total. The van der Waals surface area contributed by atoms with Gasteiger partial charge in [-0.15, -0.1) is 0 Å². The summed E-state index contributed by atoms with van der Waals surface area (Å²) < 4.78 is 24.4. The Bertz CT molecular complexity index is 675. The van der Waals surface area contributed by atoms with Crippen molar-refractivity contribution >= 4 is 21.7 Å². The zero-order valence-electron chi connectivity index (χ0n) is 12.8. The molecule has 1 unspecified atom stereocenters. The molecule has 1 aliphatic rings. The lowest BCUT2D eigenvalue weighted by Crippen LogP contribution is -2.33. The first-order chi connectivity index (χ1) is 10.3. The van der Waals surface area contributed by atoms with Crippen LogP contribution in [0.15, 0.2) is 24.3 Å². The van der Waals surface area contributed by atoms with E-state index in [1.165, 1.54) is 0 Å². The van der Waals surface area contributed by atoms with Gasteiger partial charge in [-0.1, -0.05) is 37.1 Å². The Morgan fingerprint density at radius 2 is 1.77 bits per heavy atom. The zero-order chi connectivity index (χ0) is 16.3. The van der Waals surface area contributed by atoms with E-state index in [0.717, 1.165) is 31.9 Å². The number of benzene rings is 1. The Labute approximate surface area is 131 Å². The fourth-order valence-electron chi connectivity index (χ4n) is 2.92. The van der Waals surface area contributed by atoms with Crippen molar-refractivity contribution < 1.29 is 18.0 Å². The van der Waals surface area contributed by atoms with E-state index < -0.39 is 21.8 Å². The summed E-state index contributed by atoms with van der Waals surface area (Å²) in [7, 11) is -3.61. The lowest BCUT2D eigenvalue weighted by atomic mass is 9.88. The van der Waals surface area contributed by atoms with E-state index in [1.807, 2.05) is 4.72 Å². The van der Waals surface area contributed by atoms with E-state index in [1.54, 1.807) is 31.2 Å².